The quantitative estimate of drug-likeness (QED) is 0.0442. The van der Waals surface area contributed by atoms with Gasteiger partial charge in [0.25, 0.3) is 0 Å². The maximum Gasteiger partial charge on any atom is 0.375 e. The van der Waals surface area contributed by atoms with E-state index in [4.69, 9.17) is 35.2 Å². The van der Waals surface area contributed by atoms with Crippen LogP contribution in [-0.2, 0) is 33.3 Å². The zero-order chi connectivity index (χ0) is 46.1. The number of ketones is 1. The van der Waals surface area contributed by atoms with Crippen molar-refractivity contribution in [1.82, 2.24) is 33.1 Å². The second kappa shape index (κ2) is 23.2. The molecular weight excluding hydrogens is 922 g/mol. The number of pyridine rings is 4. The molecule has 0 fully saturated rings. The molecule has 7 aromatic heterocycles. The Labute approximate surface area is 360 Å². The molecule has 0 saturated carbocycles. The van der Waals surface area contributed by atoms with Crippen molar-refractivity contribution in [2.45, 2.75) is 25.4 Å². The Morgan fingerprint density at radius 1 is 0.710 bits per heavy atom. The Bertz CT molecular complexity index is 2560. The number of hydrogen-bond donors (Lipinski definition) is 7. The summed E-state index contributed by atoms with van der Waals surface area (Å²) in [7, 11) is -11.1. The van der Waals surface area contributed by atoms with E-state index >= 15 is 0 Å². The lowest BCUT2D eigenvalue weighted by Crippen LogP contribution is -2.26. The molecular formula is C37H41BrN8O14P2. The molecule has 0 spiro atoms. The number of ether oxygens (including phenoxy) is 2. The van der Waals surface area contributed by atoms with E-state index in [0.717, 1.165) is 11.8 Å². The fraction of sp³-hybridized carbons (Fsp3) is 0.189. The summed E-state index contributed by atoms with van der Waals surface area (Å²) in [6.07, 6.45) is 10.7. The number of carbonyl (C=O) groups is 4. The normalized spacial score (nSPS) is 11.0. The number of Topliss-reactive ketones (excluding diaryl/α,β-unsaturated/α-hetero) is 1. The molecule has 7 rings (SSSR count). The monoisotopic (exact) mass is 962 g/mol. The van der Waals surface area contributed by atoms with Gasteiger partial charge >= 0.3 is 38.2 Å². The molecule has 330 valence electrons. The summed E-state index contributed by atoms with van der Waals surface area (Å²) in [5.41, 5.74) is 6.44. The number of fused-ring (bicyclic) bond motifs is 3. The summed E-state index contributed by atoms with van der Waals surface area (Å²) >= 11 is 2.94. The summed E-state index contributed by atoms with van der Waals surface area (Å²) in [5.74, 6) is -1.41. The zero-order valence-corrected chi connectivity index (χ0v) is 36.1. The van der Waals surface area contributed by atoms with E-state index < -0.39 is 37.9 Å². The second-order valence-electron chi connectivity index (χ2n) is 11.9. The molecule has 25 heteroatoms. The number of rotatable bonds is 10. The van der Waals surface area contributed by atoms with Gasteiger partial charge in [-0.15, -0.1) is 0 Å². The van der Waals surface area contributed by atoms with Gasteiger partial charge in [-0.25, -0.2) is 29.5 Å². The van der Waals surface area contributed by atoms with Crippen LogP contribution < -0.4 is 5.73 Å². The first-order chi connectivity index (χ1) is 29.2. The van der Waals surface area contributed by atoms with E-state index in [0.29, 0.717) is 30.4 Å². The molecule has 62 heavy (non-hydrogen) atoms. The lowest BCUT2D eigenvalue weighted by Gasteiger charge is -2.27. The van der Waals surface area contributed by atoms with Crippen molar-refractivity contribution < 1.29 is 67.6 Å². The van der Waals surface area contributed by atoms with Gasteiger partial charge in [0.05, 0.1) is 18.5 Å². The van der Waals surface area contributed by atoms with Gasteiger partial charge in [-0.1, -0.05) is 40.2 Å². The van der Waals surface area contributed by atoms with Crippen molar-refractivity contribution >= 4 is 77.6 Å². The Hall–Kier alpha value is -6.16. The SMILES string of the molecule is CCOC(=O)CC(=O)CBr.CCOC(=O)c1cn2ccccc2n1.Nc1ccccn1.O=C(O)c1cn2ccccc2n1.O=P(O)(O)C(O)(c1cn2ccccc2n1)P(=O)(O)O. The third-order valence-corrected chi connectivity index (χ3v) is 11.7. The third-order valence-electron chi connectivity index (χ3n) is 7.44. The van der Waals surface area contributed by atoms with Gasteiger partial charge in [-0.05, 0) is 62.4 Å². The number of carboxylic acids is 1. The Kier molecular flexibility index (Phi) is 18.8. The molecule has 0 atom stereocenters. The van der Waals surface area contributed by atoms with Gasteiger partial charge in [0.2, 0.25) is 0 Å². The standard InChI is InChI=1S/C10H10N2O2.C8H10N2O7P2.C8H6N2O2.C6H9BrO3.C5H6N2/c1-2-14-10(13)8-7-12-6-4-3-5-9(12)11-8;11-8(18(12,13)14,19(15,16)17)6-5-10-4-2-1-3-7(10)9-6;11-8(12)6-5-10-4-2-1-3-7(10)9-6;1-2-10-6(9)3-5(8)4-7;6-5-3-1-2-4-7-5/h3-7H,2H2,1H3;1-5,11H,(H2,12,13,14)(H2,15,16,17);1-5H,(H,11,12);2-4H2,1H3;1-4H,(H2,6,7). The highest BCUT2D eigenvalue weighted by atomic mass is 79.9. The van der Waals surface area contributed by atoms with Crippen molar-refractivity contribution in [1.29, 1.82) is 0 Å². The summed E-state index contributed by atoms with van der Waals surface area (Å²) < 4.78 is 36.7. The maximum absolute atomic E-state index is 11.3. The summed E-state index contributed by atoms with van der Waals surface area (Å²) in [6, 6.07) is 21.0. The lowest BCUT2D eigenvalue weighted by atomic mass is 10.3. The molecule has 0 aliphatic carbocycles. The van der Waals surface area contributed by atoms with Crippen molar-refractivity contribution in [2.75, 3.05) is 24.3 Å². The van der Waals surface area contributed by atoms with E-state index in [2.05, 4.69) is 40.6 Å². The first-order valence-corrected chi connectivity index (χ1v) is 22.1. The van der Waals surface area contributed by atoms with Crippen LogP contribution in [0.3, 0.4) is 0 Å². The van der Waals surface area contributed by atoms with Crippen LogP contribution in [0.4, 0.5) is 5.82 Å². The number of carbonyl (C=O) groups excluding carboxylic acids is 3. The molecule has 0 amide bonds. The van der Waals surface area contributed by atoms with Crippen LogP contribution in [0.15, 0.2) is 116 Å². The van der Waals surface area contributed by atoms with E-state index in [1.165, 1.54) is 22.9 Å². The number of nitrogens with zero attached hydrogens (tertiary/aromatic N) is 7. The van der Waals surface area contributed by atoms with Crippen LogP contribution in [-0.4, -0.2) is 105 Å². The fourth-order valence-electron chi connectivity index (χ4n) is 4.64. The minimum absolute atomic E-state index is 0.0706. The molecule has 7 heterocycles. The minimum Gasteiger partial charge on any atom is -0.476 e. The van der Waals surface area contributed by atoms with Crippen LogP contribution in [0.1, 0.15) is 46.9 Å². The van der Waals surface area contributed by atoms with Gasteiger partial charge in [-0.2, -0.15) is 0 Å². The number of nitrogens with two attached hydrogens (primary N) is 1. The predicted octanol–water partition coefficient (Wildman–Crippen LogP) is 3.90. The van der Waals surface area contributed by atoms with Crippen LogP contribution in [0.2, 0.25) is 0 Å². The number of aromatic nitrogens is 7. The predicted molar refractivity (Wildman–Crippen MR) is 225 cm³/mol. The number of esters is 2. The van der Waals surface area contributed by atoms with Crippen LogP contribution in [0.25, 0.3) is 16.9 Å². The third kappa shape index (κ3) is 14.2. The second-order valence-corrected chi connectivity index (χ2v) is 16.3. The lowest BCUT2D eigenvalue weighted by molar-refractivity contribution is -0.145. The topological polar surface area (TPSA) is 333 Å². The number of halogens is 1. The summed E-state index contributed by atoms with van der Waals surface area (Å²) in [5, 5.41) is 15.0. The fourth-order valence-corrected chi connectivity index (χ4v) is 7.00. The van der Waals surface area contributed by atoms with Gasteiger partial charge in [0.1, 0.15) is 34.9 Å². The number of aromatic carboxylic acids is 1. The van der Waals surface area contributed by atoms with Crippen molar-refractivity contribution in [3.05, 3.63) is 133 Å². The van der Waals surface area contributed by atoms with Gasteiger partial charge in [0, 0.05) is 43.4 Å². The van der Waals surface area contributed by atoms with Gasteiger partial charge in [0.15, 0.2) is 17.2 Å². The molecule has 0 aromatic carbocycles. The molecule has 0 radical (unpaired) electrons. The Balaban J connectivity index is 0.000000214. The van der Waals surface area contributed by atoms with Gasteiger partial charge < -0.3 is 58.2 Å². The van der Waals surface area contributed by atoms with Crippen LogP contribution >= 0.6 is 31.1 Å². The number of anilines is 1. The summed E-state index contributed by atoms with van der Waals surface area (Å²) in [6.45, 7) is 4.17. The molecule has 0 unspecified atom stereocenters. The average molecular weight is 964 g/mol. The maximum atomic E-state index is 11.3. The summed E-state index contributed by atoms with van der Waals surface area (Å²) in [4.78, 5) is 94.6. The molecule has 0 aliphatic heterocycles. The highest BCUT2D eigenvalue weighted by Crippen LogP contribution is 2.72. The van der Waals surface area contributed by atoms with Gasteiger partial charge in [-0.3, -0.25) is 18.7 Å². The van der Waals surface area contributed by atoms with E-state index in [-0.39, 0.29) is 34.8 Å². The van der Waals surface area contributed by atoms with Crippen molar-refractivity contribution in [3.8, 4) is 0 Å². The molecule has 0 aliphatic rings. The number of nitrogen functional groups attached to an aromatic ring is 1. The van der Waals surface area contributed by atoms with Crippen molar-refractivity contribution in [2.24, 2.45) is 0 Å². The van der Waals surface area contributed by atoms with E-state index in [1.807, 2.05) is 48.7 Å². The Morgan fingerprint density at radius 3 is 1.56 bits per heavy atom. The number of carboxylic acid groups (broad SMARTS) is 1. The molecule has 0 bridgehead atoms. The molecule has 22 nitrogen and oxygen atoms in total. The first-order valence-electron chi connectivity index (χ1n) is 17.7. The average Bonchev–Trinajstić information content (AvgIpc) is 3.98. The van der Waals surface area contributed by atoms with Crippen LogP contribution in [0.5, 0.6) is 0 Å². The van der Waals surface area contributed by atoms with E-state index in [9.17, 15) is 33.4 Å². The molecule has 8 N–H and O–H groups in total. The highest BCUT2D eigenvalue weighted by Gasteiger charge is 2.62. The minimum atomic E-state index is -5.57. The number of alkyl halides is 1. The largest absolute Gasteiger partial charge is 0.476 e. The zero-order valence-electron chi connectivity index (χ0n) is 32.7. The molecule has 0 saturated heterocycles. The molecule has 7 aromatic rings. The van der Waals surface area contributed by atoms with Crippen molar-refractivity contribution in [3.63, 3.8) is 0 Å². The Morgan fingerprint density at radius 2 is 1.18 bits per heavy atom. The highest BCUT2D eigenvalue weighted by molar-refractivity contribution is 9.09. The number of hydrogen-bond acceptors (Lipinski definition) is 14. The van der Waals surface area contributed by atoms with E-state index in [1.54, 1.807) is 65.5 Å². The number of aliphatic hydroxyl groups is 1. The first kappa shape index (κ1) is 50.2. The number of imidazole rings is 3. The van der Waals surface area contributed by atoms with Crippen LogP contribution in [0, 0.1) is 0 Å². The smallest absolute Gasteiger partial charge is 0.375 e.